The van der Waals surface area contributed by atoms with E-state index in [0.29, 0.717) is 36.5 Å². The van der Waals surface area contributed by atoms with Crippen molar-refractivity contribution in [3.63, 3.8) is 0 Å². The summed E-state index contributed by atoms with van der Waals surface area (Å²) in [5, 5.41) is 0. The molecular formula is C31H33FN2O4. The van der Waals surface area contributed by atoms with E-state index in [9.17, 15) is 18.8 Å². The van der Waals surface area contributed by atoms with E-state index < -0.39 is 0 Å². The van der Waals surface area contributed by atoms with E-state index in [1.807, 2.05) is 49.4 Å². The quantitative estimate of drug-likeness (QED) is 0.380. The second kappa shape index (κ2) is 12.5. The Morgan fingerprint density at radius 3 is 2.47 bits per heavy atom. The third-order valence-electron chi connectivity index (χ3n) is 6.85. The van der Waals surface area contributed by atoms with E-state index in [0.717, 1.165) is 24.0 Å². The number of ether oxygens (including phenoxy) is 1. The van der Waals surface area contributed by atoms with Gasteiger partial charge in [0.05, 0.1) is 25.5 Å². The summed E-state index contributed by atoms with van der Waals surface area (Å²) in [4.78, 5) is 42.1. The first-order chi connectivity index (χ1) is 18.4. The van der Waals surface area contributed by atoms with Crippen molar-refractivity contribution < 1.29 is 23.5 Å². The number of nitrogens with zero attached hydrogens (tertiary/aromatic N) is 2. The molecule has 2 amide bonds. The van der Waals surface area contributed by atoms with Crippen LogP contribution in [0.15, 0.2) is 72.8 Å². The van der Waals surface area contributed by atoms with Crippen LogP contribution in [-0.4, -0.2) is 42.4 Å². The van der Waals surface area contributed by atoms with E-state index in [1.54, 1.807) is 34.9 Å². The fourth-order valence-electron chi connectivity index (χ4n) is 4.79. The predicted octanol–water partition coefficient (Wildman–Crippen LogP) is 5.33. The average Bonchev–Trinajstić information content (AvgIpc) is 2.92. The number of likely N-dealkylation sites (tertiary alicyclic amines) is 1. The standard InChI is InChI=1S/C31H33FN2O4/c1-3-38-31(37)25-10-7-17-33(21-25)29(35)19-23-13-15-27(16-14-23)34(20-24-9-6-11-26(32)18-24)30(36)28-12-5-4-8-22(28)2/h4-6,8-9,11-16,18,25H,3,7,10,17,19-21H2,1-2H3/t25-/m0/s1. The summed E-state index contributed by atoms with van der Waals surface area (Å²) in [5.41, 5.74) is 3.56. The Morgan fingerprint density at radius 2 is 1.76 bits per heavy atom. The van der Waals surface area contributed by atoms with Crippen LogP contribution in [0.2, 0.25) is 0 Å². The highest BCUT2D eigenvalue weighted by molar-refractivity contribution is 6.07. The molecule has 0 radical (unpaired) electrons. The maximum atomic E-state index is 13.9. The van der Waals surface area contributed by atoms with Gasteiger partial charge in [0.15, 0.2) is 0 Å². The minimum Gasteiger partial charge on any atom is -0.466 e. The third kappa shape index (κ3) is 6.65. The summed E-state index contributed by atoms with van der Waals surface area (Å²) in [5.74, 6) is -1.11. The molecule has 0 spiro atoms. The molecule has 7 heteroatoms. The summed E-state index contributed by atoms with van der Waals surface area (Å²) in [6.07, 6.45) is 1.70. The maximum absolute atomic E-state index is 13.9. The molecule has 38 heavy (non-hydrogen) atoms. The third-order valence-corrected chi connectivity index (χ3v) is 6.85. The van der Waals surface area contributed by atoms with Crippen LogP contribution in [0.4, 0.5) is 10.1 Å². The number of hydrogen-bond donors (Lipinski definition) is 0. The molecule has 1 aliphatic heterocycles. The SMILES string of the molecule is CCOC(=O)[C@H]1CCCN(C(=O)Cc2ccc(N(Cc3cccc(F)c3)C(=O)c3ccccc3C)cc2)C1. The molecule has 0 bridgehead atoms. The van der Waals surface area contributed by atoms with Crippen LogP contribution in [0.25, 0.3) is 0 Å². The fraction of sp³-hybridized carbons (Fsp3) is 0.323. The van der Waals surface area contributed by atoms with Gasteiger partial charge in [-0.3, -0.25) is 14.4 Å². The Labute approximate surface area is 223 Å². The van der Waals surface area contributed by atoms with Crippen molar-refractivity contribution in [1.29, 1.82) is 0 Å². The maximum Gasteiger partial charge on any atom is 0.310 e. The number of esters is 1. The molecule has 0 saturated carbocycles. The highest BCUT2D eigenvalue weighted by atomic mass is 19.1. The molecule has 0 N–H and O–H groups in total. The zero-order valence-electron chi connectivity index (χ0n) is 21.9. The molecule has 0 aromatic heterocycles. The van der Waals surface area contributed by atoms with E-state index in [-0.39, 0.29) is 42.5 Å². The molecule has 1 atom stereocenters. The molecule has 1 saturated heterocycles. The van der Waals surface area contributed by atoms with Crippen LogP contribution in [-0.2, 0) is 27.3 Å². The predicted molar refractivity (Wildman–Crippen MR) is 144 cm³/mol. The van der Waals surface area contributed by atoms with Gasteiger partial charge in [-0.25, -0.2) is 4.39 Å². The van der Waals surface area contributed by atoms with Gasteiger partial charge in [0, 0.05) is 24.3 Å². The number of carbonyl (C=O) groups is 3. The topological polar surface area (TPSA) is 66.9 Å². The van der Waals surface area contributed by atoms with Gasteiger partial charge in [0.2, 0.25) is 5.91 Å². The van der Waals surface area contributed by atoms with Crippen LogP contribution in [0.5, 0.6) is 0 Å². The molecule has 0 unspecified atom stereocenters. The Hall–Kier alpha value is -4.00. The molecule has 6 nitrogen and oxygen atoms in total. The Kier molecular flexibility index (Phi) is 8.89. The second-order valence-electron chi connectivity index (χ2n) is 9.61. The summed E-state index contributed by atoms with van der Waals surface area (Å²) >= 11 is 0. The van der Waals surface area contributed by atoms with E-state index >= 15 is 0 Å². The largest absolute Gasteiger partial charge is 0.466 e. The molecule has 4 rings (SSSR count). The van der Waals surface area contributed by atoms with Crippen LogP contribution < -0.4 is 4.90 Å². The highest BCUT2D eigenvalue weighted by Gasteiger charge is 2.29. The molecule has 0 aliphatic carbocycles. The Morgan fingerprint density at radius 1 is 1.00 bits per heavy atom. The summed E-state index contributed by atoms with van der Waals surface area (Å²) in [6, 6.07) is 20.9. The summed E-state index contributed by atoms with van der Waals surface area (Å²) in [6.45, 7) is 5.20. The first-order valence-corrected chi connectivity index (χ1v) is 13.0. The number of amides is 2. The van der Waals surface area contributed by atoms with Crippen molar-refractivity contribution >= 4 is 23.5 Å². The lowest BCUT2D eigenvalue weighted by Crippen LogP contribution is -2.43. The van der Waals surface area contributed by atoms with Crippen molar-refractivity contribution in [3.8, 4) is 0 Å². The molecule has 1 heterocycles. The van der Waals surface area contributed by atoms with Gasteiger partial charge < -0.3 is 14.5 Å². The van der Waals surface area contributed by atoms with Crippen molar-refractivity contribution in [3.05, 3.63) is 101 Å². The Balaban J connectivity index is 1.51. The number of hydrogen-bond acceptors (Lipinski definition) is 4. The normalized spacial score (nSPS) is 15.1. The number of piperidine rings is 1. The summed E-state index contributed by atoms with van der Waals surface area (Å²) in [7, 11) is 0. The fourth-order valence-corrected chi connectivity index (χ4v) is 4.79. The molecule has 3 aromatic rings. The number of aryl methyl sites for hydroxylation is 1. The molecule has 198 valence electrons. The van der Waals surface area contributed by atoms with Crippen molar-refractivity contribution in [2.75, 3.05) is 24.6 Å². The minimum atomic E-state index is -0.359. The number of anilines is 1. The van der Waals surface area contributed by atoms with Gasteiger partial charge in [-0.2, -0.15) is 0 Å². The average molecular weight is 517 g/mol. The zero-order chi connectivity index (χ0) is 27.1. The Bertz CT molecular complexity index is 1290. The first-order valence-electron chi connectivity index (χ1n) is 13.0. The minimum absolute atomic E-state index is 0.0423. The van der Waals surface area contributed by atoms with Crippen molar-refractivity contribution in [2.24, 2.45) is 5.92 Å². The lowest BCUT2D eigenvalue weighted by Gasteiger charge is -2.31. The van der Waals surface area contributed by atoms with Crippen LogP contribution in [0.3, 0.4) is 0 Å². The number of rotatable bonds is 8. The van der Waals surface area contributed by atoms with Crippen molar-refractivity contribution in [1.82, 2.24) is 4.90 Å². The lowest BCUT2D eigenvalue weighted by molar-refractivity contribution is -0.151. The second-order valence-corrected chi connectivity index (χ2v) is 9.61. The lowest BCUT2D eigenvalue weighted by atomic mass is 9.97. The highest BCUT2D eigenvalue weighted by Crippen LogP contribution is 2.24. The van der Waals surface area contributed by atoms with E-state index in [1.165, 1.54) is 12.1 Å². The first kappa shape index (κ1) is 27.0. The van der Waals surface area contributed by atoms with Crippen LogP contribution in [0.1, 0.15) is 46.8 Å². The number of carbonyl (C=O) groups excluding carboxylic acids is 3. The van der Waals surface area contributed by atoms with Crippen molar-refractivity contribution in [2.45, 2.75) is 39.7 Å². The van der Waals surface area contributed by atoms with Gasteiger partial charge in [0.1, 0.15) is 5.82 Å². The van der Waals surface area contributed by atoms with Gasteiger partial charge in [0.25, 0.3) is 5.91 Å². The number of halogens is 1. The summed E-state index contributed by atoms with van der Waals surface area (Å²) < 4.78 is 19.0. The van der Waals surface area contributed by atoms with Crippen LogP contribution >= 0.6 is 0 Å². The van der Waals surface area contributed by atoms with Gasteiger partial charge in [-0.1, -0.05) is 42.5 Å². The smallest absolute Gasteiger partial charge is 0.310 e. The molecule has 1 aliphatic rings. The van der Waals surface area contributed by atoms with Gasteiger partial charge in [-0.05, 0) is 73.7 Å². The number of benzene rings is 3. The van der Waals surface area contributed by atoms with E-state index in [2.05, 4.69) is 0 Å². The molecular weight excluding hydrogens is 483 g/mol. The van der Waals surface area contributed by atoms with Crippen LogP contribution in [0, 0.1) is 18.7 Å². The van der Waals surface area contributed by atoms with E-state index in [4.69, 9.17) is 4.74 Å². The van der Waals surface area contributed by atoms with Gasteiger partial charge in [-0.15, -0.1) is 0 Å². The van der Waals surface area contributed by atoms with Gasteiger partial charge >= 0.3 is 5.97 Å². The monoisotopic (exact) mass is 516 g/mol. The zero-order valence-corrected chi connectivity index (χ0v) is 21.9. The molecule has 3 aromatic carbocycles. The molecule has 1 fully saturated rings.